The zero-order valence-corrected chi connectivity index (χ0v) is 9.32. The Hall–Kier alpha value is -0.860. The van der Waals surface area contributed by atoms with Gasteiger partial charge in [-0.25, -0.2) is 0 Å². The number of nitrogens with zero attached hydrogens (tertiary/aromatic N) is 1. The Labute approximate surface area is 107 Å². The van der Waals surface area contributed by atoms with Crippen molar-refractivity contribution in [2.24, 2.45) is 5.92 Å². The van der Waals surface area contributed by atoms with Gasteiger partial charge in [0.05, 0.1) is 0 Å². The van der Waals surface area contributed by atoms with Gasteiger partial charge < -0.3 is 5.32 Å². The molecule has 1 N–H and O–H groups in total. The van der Waals surface area contributed by atoms with Gasteiger partial charge in [0.25, 0.3) is 0 Å². The van der Waals surface area contributed by atoms with Gasteiger partial charge in [-0.15, -0.1) is 0 Å². The summed E-state index contributed by atoms with van der Waals surface area (Å²) >= 11 is 0. The van der Waals surface area contributed by atoms with Crippen LogP contribution in [0, 0.1) is 5.92 Å². The van der Waals surface area contributed by atoms with Gasteiger partial charge in [0.1, 0.15) is 0 Å². The molecule has 2 heteroatoms. The fourth-order valence-electron chi connectivity index (χ4n) is 2.15. The fraction of sp³-hybridized carbons (Fsp3) is 0.571. The van der Waals surface area contributed by atoms with Crippen LogP contribution in [0.1, 0.15) is 27.1 Å². The zero-order valence-electron chi connectivity index (χ0n) is 15.3. The Bertz CT molecular complexity index is 470. The van der Waals surface area contributed by atoms with Crippen molar-refractivity contribution in [3.05, 3.63) is 35.9 Å². The zero-order chi connectivity index (χ0) is 16.4. The van der Waals surface area contributed by atoms with Crippen LogP contribution in [-0.4, -0.2) is 31.0 Å². The largest absolute Gasteiger partial charge is 0.315 e. The number of hydrogen-bond donors (Lipinski definition) is 1. The number of benzene rings is 1. The van der Waals surface area contributed by atoms with Crippen LogP contribution in [0.3, 0.4) is 0 Å². The van der Waals surface area contributed by atoms with Gasteiger partial charge in [-0.1, -0.05) is 37.2 Å². The molecule has 1 aliphatic rings. The summed E-state index contributed by atoms with van der Waals surface area (Å²) in [7, 11) is 0. The van der Waals surface area contributed by atoms with E-state index < -0.39 is 25.8 Å². The molecule has 1 aliphatic heterocycles. The summed E-state index contributed by atoms with van der Waals surface area (Å²) in [5, 5.41) is 2.53. The number of piperidine rings is 1. The lowest BCUT2D eigenvalue weighted by atomic mass is 9.93. The number of hydrogen-bond acceptors (Lipinski definition) is 2. The summed E-state index contributed by atoms with van der Waals surface area (Å²) in [6.45, 7) is -2.67. The van der Waals surface area contributed by atoms with Crippen LogP contribution in [0.25, 0.3) is 0 Å². The molecule has 1 aromatic carbocycles. The highest BCUT2D eigenvalue weighted by atomic mass is 15.2. The number of nitrogens with one attached hydrogen (secondary N) is 1. The molecule has 1 saturated heterocycles. The molecule has 2 nitrogen and oxygen atoms in total. The van der Waals surface area contributed by atoms with E-state index >= 15 is 0 Å². The molecule has 0 aliphatic carbocycles. The predicted octanol–water partition coefficient (Wildman–Crippen LogP) is 2.12. The highest BCUT2D eigenvalue weighted by Gasteiger charge is 2.24. The maximum Gasteiger partial charge on any atom is 0.0391 e. The van der Waals surface area contributed by atoms with E-state index in [-0.39, 0.29) is 0 Å². The number of likely N-dealkylation sites (N-methyl/N-ethyl adjacent to an activating group) is 1. The van der Waals surface area contributed by atoms with Crippen LogP contribution >= 0.6 is 0 Å². The van der Waals surface area contributed by atoms with Gasteiger partial charge in [0.15, 0.2) is 0 Å². The molecule has 0 aromatic heterocycles. The van der Waals surface area contributed by atoms with E-state index in [9.17, 15) is 0 Å². The molecular weight excluding hydrogens is 196 g/mol. The van der Waals surface area contributed by atoms with Crippen molar-refractivity contribution < 1.29 is 8.22 Å². The Balaban J connectivity index is 2.06. The minimum Gasteiger partial charge on any atom is -0.315 e. The Morgan fingerprint density at radius 2 is 2.31 bits per heavy atom. The lowest BCUT2D eigenvalue weighted by molar-refractivity contribution is 0.147. The standard InChI is InChI=1S/C14H22N2/c1-12-8-9-16(11-14(12)15-2)10-13-6-4-3-5-7-13/h3-7,12,14-15H,8-11H2,1-2H3/i1D3,2D3. The van der Waals surface area contributed by atoms with Crippen LogP contribution in [0.5, 0.6) is 0 Å². The summed E-state index contributed by atoms with van der Waals surface area (Å²) in [6.07, 6.45) is 0.469. The summed E-state index contributed by atoms with van der Waals surface area (Å²) in [4.78, 5) is 2.11. The van der Waals surface area contributed by atoms with Crippen molar-refractivity contribution in [2.75, 3.05) is 20.1 Å². The average molecular weight is 224 g/mol. The Morgan fingerprint density at radius 1 is 1.44 bits per heavy atom. The average Bonchev–Trinajstić information content (AvgIpc) is 2.36. The Kier molecular flexibility index (Phi) is 2.11. The van der Waals surface area contributed by atoms with E-state index in [4.69, 9.17) is 8.22 Å². The van der Waals surface area contributed by atoms with Crippen LogP contribution in [0.4, 0.5) is 0 Å². The third kappa shape index (κ3) is 2.83. The van der Waals surface area contributed by atoms with Gasteiger partial charge >= 0.3 is 0 Å². The normalized spacial score (nSPS) is 34.0. The summed E-state index contributed by atoms with van der Waals surface area (Å²) < 4.78 is 45.0. The van der Waals surface area contributed by atoms with Crippen molar-refractivity contribution >= 4 is 0 Å². The molecule has 1 heterocycles. The summed E-state index contributed by atoms with van der Waals surface area (Å²) in [5.41, 5.74) is 1.14. The van der Waals surface area contributed by atoms with Gasteiger partial charge in [-0.3, -0.25) is 4.90 Å². The molecule has 0 radical (unpaired) electrons. The molecule has 16 heavy (non-hydrogen) atoms. The lowest BCUT2D eigenvalue weighted by Crippen LogP contribution is -2.48. The molecule has 2 atom stereocenters. The summed E-state index contributed by atoms with van der Waals surface area (Å²) in [6, 6.07) is 9.34. The van der Waals surface area contributed by atoms with Gasteiger partial charge in [-0.2, -0.15) is 0 Å². The van der Waals surface area contributed by atoms with Crippen molar-refractivity contribution in [3.8, 4) is 0 Å². The monoisotopic (exact) mass is 224 g/mol. The van der Waals surface area contributed by atoms with Crippen molar-refractivity contribution in [2.45, 2.75) is 25.9 Å². The van der Waals surface area contributed by atoms with E-state index in [1.807, 2.05) is 30.3 Å². The van der Waals surface area contributed by atoms with E-state index in [1.54, 1.807) is 0 Å². The number of likely N-dealkylation sites (tertiary alicyclic amines) is 1. The minimum absolute atomic E-state index is 0.427. The van der Waals surface area contributed by atoms with Gasteiger partial charge in [-0.05, 0) is 31.4 Å². The summed E-state index contributed by atoms with van der Waals surface area (Å²) in [5.74, 6) is -0.625. The lowest BCUT2D eigenvalue weighted by Gasteiger charge is -2.37. The van der Waals surface area contributed by atoms with Crippen molar-refractivity contribution in [1.29, 1.82) is 0 Å². The molecule has 2 rings (SSSR count). The highest BCUT2D eigenvalue weighted by Crippen LogP contribution is 2.18. The second-order valence-corrected chi connectivity index (χ2v) is 4.37. The topological polar surface area (TPSA) is 15.3 Å². The van der Waals surface area contributed by atoms with E-state index in [0.717, 1.165) is 5.56 Å². The van der Waals surface area contributed by atoms with E-state index in [1.165, 1.54) is 0 Å². The van der Waals surface area contributed by atoms with Gasteiger partial charge in [0.2, 0.25) is 0 Å². The molecule has 1 fully saturated rings. The second kappa shape index (κ2) is 5.46. The first kappa shape index (κ1) is 6.18. The molecule has 88 valence electrons. The van der Waals surface area contributed by atoms with E-state index in [2.05, 4.69) is 10.2 Å². The van der Waals surface area contributed by atoms with Crippen LogP contribution in [0.15, 0.2) is 30.3 Å². The Morgan fingerprint density at radius 3 is 3.06 bits per heavy atom. The fourth-order valence-corrected chi connectivity index (χ4v) is 2.15. The molecule has 0 amide bonds. The second-order valence-electron chi connectivity index (χ2n) is 4.37. The maximum atomic E-state index is 7.64. The van der Waals surface area contributed by atoms with Crippen LogP contribution in [0.2, 0.25) is 0 Å². The first-order valence-corrected chi connectivity index (χ1v) is 5.69. The minimum atomic E-state index is -2.33. The molecule has 1 aromatic rings. The third-order valence-corrected chi connectivity index (χ3v) is 3.13. The van der Waals surface area contributed by atoms with Crippen LogP contribution in [-0.2, 0) is 6.54 Å². The SMILES string of the molecule is [2H]C([2H])([2H])NC1CN(Cc2ccccc2)CCC1C([2H])([2H])[2H]. The molecule has 0 saturated carbocycles. The first-order chi connectivity index (χ1) is 10.1. The highest BCUT2D eigenvalue weighted by molar-refractivity contribution is 5.14. The number of rotatable bonds is 3. The molecular formula is C14H22N2. The molecule has 2 unspecified atom stereocenters. The quantitative estimate of drug-likeness (QED) is 0.846. The van der Waals surface area contributed by atoms with Crippen LogP contribution < -0.4 is 5.32 Å². The molecule has 0 bridgehead atoms. The van der Waals surface area contributed by atoms with Crippen molar-refractivity contribution in [1.82, 2.24) is 10.2 Å². The first-order valence-electron chi connectivity index (χ1n) is 8.69. The molecule has 0 spiro atoms. The van der Waals surface area contributed by atoms with Gasteiger partial charge in [0, 0.05) is 27.4 Å². The third-order valence-electron chi connectivity index (χ3n) is 3.13. The maximum absolute atomic E-state index is 7.64. The predicted molar refractivity (Wildman–Crippen MR) is 68.3 cm³/mol. The van der Waals surface area contributed by atoms with Crippen molar-refractivity contribution in [3.63, 3.8) is 0 Å². The van der Waals surface area contributed by atoms with E-state index in [0.29, 0.717) is 26.1 Å². The smallest absolute Gasteiger partial charge is 0.0391 e.